The molecule has 2 aromatic rings. The molecule has 0 radical (unpaired) electrons. The standard InChI is InChI=1S/C16H18N4OS/c1-11-18-13(10-22-11)16-19-12-9-20(8-4-5-14(12)21-16)15-6-2-3-7-17-15/h2-3,6-7,13H,4-5,8-10H2,1H3. The molecule has 0 bridgehead atoms. The SMILES string of the molecule is CC1=NC(c2nc3c(o2)CCCN(c2ccccn2)C3)CS1. The first-order valence-corrected chi connectivity index (χ1v) is 8.60. The first kappa shape index (κ1) is 13.8. The molecular formula is C16H18N4OS. The topological polar surface area (TPSA) is 54.5 Å². The summed E-state index contributed by atoms with van der Waals surface area (Å²) in [6, 6.07) is 6.10. The number of fused-ring (bicyclic) bond motifs is 1. The number of oxazole rings is 1. The summed E-state index contributed by atoms with van der Waals surface area (Å²) in [7, 11) is 0. The lowest BCUT2D eigenvalue weighted by Crippen LogP contribution is -2.23. The number of pyridine rings is 1. The molecule has 4 rings (SSSR count). The number of aryl methyl sites for hydroxylation is 1. The van der Waals surface area contributed by atoms with Crippen molar-refractivity contribution in [2.24, 2.45) is 4.99 Å². The van der Waals surface area contributed by atoms with Gasteiger partial charge in [-0.25, -0.2) is 9.97 Å². The number of rotatable bonds is 2. The molecule has 0 aromatic carbocycles. The van der Waals surface area contributed by atoms with Crippen molar-refractivity contribution in [3.8, 4) is 0 Å². The summed E-state index contributed by atoms with van der Waals surface area (Å²) < 4.78 is 6.02. The number of anilines is 1. The van der Waals surface area contributed by atoms with E-state index in [1.807, 2.05) is 31.3 Å². The van der Waals surface area contributed by atoms with Crippen LogP contribution in [0.4, 0.5) is 5.82 Å². The maximum absolute atomic E-state index is 6.02. The number of aromatic nitrogens is 2. The second-order valence-corrected chi connectivity index (χ2v) is 6.82. The Bertz CT molecular complexity index is 697. The summed E-state index contributed by atoms with van der Waals surface area (Å²) in [5.41, 5.74) is 1.04. The fourth-order valence-corrected chi connectivity index (χ4v) is 3.73. The fraction of sp³-hybridized carbons (Fsp3) is 0.438. The molecule has 0 aliphatic carbocycles. The van der Waals surface area contributed by atoms with Crippen LogP contribution in [0.5, 0.6) is 0 Å². The van der Waals surface area contributed by atoms with Gasteiger partial charge in [-0.2, -0.15) is 0 Å². The largest absolute Gasteiger partial charge is 0.443 e. The van der Waals surface area contributed by atoms with Crippen LogP contribution < -0.4 is 4.90 Å². The third-order valence-electron chi connectivity index (χ3n) is 4.01. The maximum atomic E-state index is 6.02. The van der Waals surface area contributed by atoms with Gasteiger partial charge >= 0.3 is 0 Å². The van der Waals surface area contributed by atoms with Crippen LogP contribution in [0, 0.1) is 0 Å². The van der Waals surface area contributed by atoms with E-state index in [-0.39, 0.29) is 6.04 Å². The first-order valence-electron chi connectivity index (χ1n) is 7.61. The van der Waals surface area contributed by atoms with Gasteiger partial charge < -0.3 is 9.32 Å². The Morgan fingerprint density at radius 3 is 3.09 bits per heavy atom. The monoisotopic (exact) mass is 314 g/mol. The van der Waals surface area contributed by atoms with Crippen molar-refractivity contribution in [2.75, 3.05) is 17.2 Å². The number of hydrogen-bond donors (Lipinski definition) is 0. The molecule has 6 heteroatoms. The Morgan fingerprint density at radius 2 is 2.32 bits per heavy atom. The van der Waals surface area contributed by atoms with Crippen molar-refractivity contribution < 1.29 is 4.42 Å². The Hall–Kier alpha value is -1.82. The van der Waals surface area contributed by atoms with Gasteiger partial charge in [0.1, 0.15) is 23.3 Å². The summed E-state index contributed by atoms with van der Waals surface area (Å²) in [5, 5.41) is 1.12. The van der Waals surface area contributed by atoms with Crippen molar-refractivity contribution >= 4 is 22.6 Å². The highest BCUT2D eigenvalue weighted by atomic mass is 32.2. The molecule has 2 aromatic heterocycles. The predicted octanol–water partition coefficient (Wildman–Crippen LogP) is 3.23. The Balaban J connectivity index is 1.60. The molecule has 0 fully saturated rings. The summed E-state index contributed by atoms with van der Waals surface area (Å²) in [6.45, 7) is 3.79. The van der Waals surface area contributed by atoms with E-state index in [1.165, 1.54) is 0 Å². The van der Waals surface area contributed by atoms with Crippen LogP contribution in [0.2, 0.25) is 0 Å². The second-order valence-electron chi connectivity index (χ2n) is 5.61. The van der Waals surface area contributed by atoms with Crippen LogP contribution >= 0.6 is 11.8 Å². The van der Waals surface area contributed by atoms with E-state index in [0.717, 1.165) is 59.9 Å². The maximum Gasteiger partial charge on any atom is 0.220 e. The Kier molecular flexibility index (Phi) is 3.62. The third-order valence-corrected chi connectivity index (χ3v) is 5.02. The summed E-state index contributed by atoms with van der Waals surface area (Å²) >= 11 is 1.78. The second kappa shape index (κ2) is 5.76. The van der Waals surface area contributed by atoms with Crippen LogP contribution in [0.3, 0.4) is 0 Å². The van der Waals surface area contributed by atoms with Gasteiger partial charge in [0.2, 0.25) is 5.89 Å². The van der Waals surface area contributed by atoms with Crippen LogP contribution in [0.1, 0.15) is 36.7 Å². The van der Waals surface area contributed by atoms with Gasteiger partial charge in [0.15, 0.2) is 0 Å². The van der Waals surface area contributed by atoms with Crippen LogP contribution in [0.15, 0.2) is 33.8 Å². The molecule has 4 heterocycles. The van der Waals surface area contributed by atoms with Gasteiger partial charge in [-0.15, -0.1) is 11.8 Å². The van der Waals surface area contributed by atoms with E-state index in [4.69, 9.17) is 9.40 Å². The molecule has 1 atom stereocenters. The van der Waals surface area contributed by atoms with Crippen molar-refractivity contribution in [2.45, 2.75) is 32.4 Å². The van der Waals surface area contributed by atoms with Gasteiger partial charge in [0.05, 0.1) is 11.6 Å². The minimum Gasteiger partial charge on any atom is -0.443 e. The van der Waals surface area contributed by atoms with Crippen LogP contribution in [-0.2, 0) is 13.0 Å². The number of aliphatic imine (C=N–C) groups is 1. The molecule has 5 nitrogen and oxygen atoms in total. The average molecular weight is 314 g/mol. The Morgan fingerprint density at radius 1 is 1.36 bits per heavy atom. The Labute approximate surface area is 133 Å². The molecule has 1 unspecified atom stereocenters. The summed E-state index contributed by atoms with van der Waals surface area (Å²) in [6.07, 6.45) is 3.83. The van der Waals surface area contributed by atoms with E-state index < -0.39 is 0 Å². The minimum absolute atomic E-state index is 0.0835. The van der Waals surface area contributed by atoms with Gasteiger partial charge in [-0.3, -0.25) is 4.99 Å². The normalized spacial score (nSPS) is 21.4. The van der Waals surface area contributed by atoms with E-state index in [1.54, 1.807) is 11.8 Å². The van der Waals surface area contributed by atoms with Gasteiger partial charge in [-0.1, -0.05) is 6.07 Å². The molecule has 2 aliphatic heterocycles. The molecule has 0 spiro atoms. The van der Waals surface area contributed by atoms with Crippen molar-refractivity contribution in [3.63, 3.8) is 0 Å². The quantitative estimate of drug-likeness (QED) is 0.852. The summed E-state index contributed by atoms with van der Waals surface area (Å²) in [5.74, 6) is 3.75. The lowest BCUT2D eigenvalue weighted by Gasteiger charge is -2.20. The highest BCUT2D eigenvalue weighted by molar-refractivity contribution is 8.14. The molecule has 114 valence electrons. The van der Waals surface area contributed by atoms with Gasteiger partial charge in [0, 0.05) is 24.9 Å². The molecule has 0 saturated carbocycles. The predicted molar refractivity (Wildman–Crippen MR) is 88.4 cm³/mol. The minimum atomic E-state index is 0.0835. The van der Waals surface area contributed by atoms with E-state index >= 15 is 0 Å². The van der Waals surface area contributed by atoms with Crippen LogP contribution in [-0.4, -0.2) is 27.3 Å². The smallest absolute Gasteiger partial charge is 0.220 e. The molecule has 0 amide bonds. The summed E-state index contributed by atoms with van der Waals surface area (Å²) in [4.78, 5) is 16.1. The molecule has 0 saturated heterocycles. The fourth-order valence-electron chi connectivity index (χ4n) is 2.91. The highest BCUT2D eigenvalue weighted by Gasteiger charge is 2.27. The van der Waals surface area contributed by atoms with Crippen LogP contribution in [0.25, 0.3) is 0 Å². The molecule has 22 heavy (non-hydrogen) atoms. The number of hydrogen-bond acceptors (Lipinski definition) is 6. The zero-order chi connectivity index (χ0) is 14.9. The zero-order valence-electron chi connectivity index (χ0n) is 12.5. The van der Waals surface area contributed by atoms with Crippen molar-refractivity contribution in [1.29, 1.82) is 0 Å². The molecular weight excluding hydrogens is 296 g/mol. The first-order chi connectivity index (χ1) is 10.8. The van der Waals surface area contributed by atoms with Crippen molar-refractivity contribution in [1.82, 2.24) is 9.97 Å². The highest BCUT2D eigenvalue weighted by Crippen LogP contribution is 2.32. The molecule has 2 aliphatic rings. The van der Waals surface area contributed by atoms with E-state index in [0.29, 0.717) is 0 Å². The van der Waals surface area contributed by atoms with E-state index in [2.05, 4.69) is 14.9 Å². The lowest BCUT2D eigenvalue weighted by atomic mass is 10.2. The van der Waals surface area contributed by atoms with Gasteiger partial charge in [-0.05, 0) is 25.5 Å². The van der Waals surface area contributed by atoms with Gasteiger partial charge in [0.25, 0.3) is 0 Å². The number of nitrogens with zero attached hydrogens (tertiary/aromatic N) is 4. The number of thioether (sulfide) groups is 1. The molecule has 0 N–H and O–H groups in total. The third kappa shape index (κ3) is 2.63. The average Bonchev–Trinajstić information content (AvgIpc) is 3.09. The van der Waals surface area contributed by atoms with E-state index in [9.17, 15) is 0 Å². The zero-order valence-corrected chi connectivity index (χ0v) is 13.3. The lowest BCUT2D eigenvalue weighted by molar-refractivity contribution is 0.432. The van der Waals surface area contributed by atoms with Crippen molar-refractivity contribution in [3.05, 3.63) is 41.7 Å².